The van der Waals surface area contributed by atoms with E-state index in [2.05, 4.69) is 26.6 Å². The van der Waals surface area contributed by atoms with E-state index in [4.69, 9.17) is 4.74 Å². The lowest BCUT2D eigenvalue weighted by Crippen LogP contribution is -2.44. The highest BCUT2D eigenvalue weighted by molar-refractivity contribution is 9.10. The van der Waals surface area contributed by atoms with E-state index in [0.717, 1.165) is 0 Å². The maximum absolute atomic E-state index is 12.1. The fourth-order valence-electron chi connectivity index (χ4n) is 1.47. The number of carbonyl (C=O) groups is 2. The highest BCUT2D eigenvalue weighted by Crippen LogP contribution is 2.22. The van der Waals surface area contributed by atoms with Crippen LogP contribution < -0.4 is 15.4 Å². The Kier molecular flexibility index (Phi) is 5.82. The van der Waals surface area contributed by atoms with Gasteiger partial charge in [0.25, 0.3) is 5.91 Å². The maximum atomic E-state index is 12.1. The van der Waals surface area contributed by atoms with E-state index in [-0.39, 0.29) is 11.8 Å². The Hall–Kier alpha value is -1.56. The lowest BCUT2D eigenvalue weighted by molar-refractivity contribution is -0.122. The van der Waals surface area contributed by atoms with Crippen LogP contribution in [0.3, 0.4) is 0 Å². The molecule has 0 bridgehead atoms. The van der Waals surface area contributed by atoms with Crippen molar-refractivity contribution in [2.24, 2.45) is 0 Å². The standard InChI is InChI=1S/C13H17BrN2O3/c1-4-15-12(17)8(2)16-13(18)10-7-9(19-3)5-6-11(10)14/h5-8H,4H2,1-3H3,(H,15,17)(H,16,18). The van der Waals surface area contributed by atoms with Crippen LogP contribution in [-0.4, -0.2) is 31.5 Å². The molecule has 2 N–H and O–H groups in total. The van der Waals surface area contributed by atoms with E-state index < -0.39 is 6.04 Å². The van der Waals surface area contributed by atoms with Crippen LogP contribution in [0.2, 0.25) is 0 Å². The number of likely N-dealkylation sites (N-methyl/N-ethyl adjacent to an activating group) is 1. The van der Waals surface area contributed by atoms with Gasteiger partial charge in [-0.05, 0) is 48.0 Å². The van der Waals surface area contributed by atoms with Gasteiger partial charge in [-0.3, -0.25) is 9.59 Å². The number of ether oxygens (including phenoxy) is 1. The molecule has 0 aliphatic rings. The molecule has 0 fully saturated rings. The summed E-state index contributed by atoms with van der Waals surface area (Å²) in [6.07, 6.45) is 0. The third-order valence-corrected chi connectivity index (χ3v) is 3.20. The lowest BCUT2D eigenvalue weighted by Gasteiger charge is -2.14. The Morgan fingerprint density at radius 3 is 2.68 bits per heavy atom. The highest BCUT2D eigenvalue weighted by atomic mass is 79.9. The van der Waals surface area contributed by atoms with E-state index in [9.17, 15) is 9.59 Å². The van der Waals surface area contributed by atoms with Gasteiger partial charge in [-0.1, -0.05) is 0 Å². The van der Waals surface area contributed by atoms with Crippen LogP contribution in [0.4, 0.5) is 0 Å². The number of rotatable bonds is 5. The van der Waals surface area contributed by atoms with Gasteiger partial charge < -0.3 is 15.4 Å². The van der Waals surface area contributed by atoms with Crippen LogP contribution in [0, 0.1) is 0 Å². The largest absolute Gasteiger partial charge is 0.497 e. The molecule has 0 radical (unpaired) electrons. The third kappa shape index (κ3) is 4.24. The molecule has 104 valence electrons. The van der Waals surface area contributed by atoms with E-state index in [1.54, 1.807) is 25.1 Å². The van der Waals surface area contributed by atoms with E-state index >= 15 is 0 Å². The zero-order valence-electron chi connectivity index (χ0n) is 11.1. The Balaban J connectivity index is 2.80. The van der Waals surface area contributed by atoms with Gasteiger partial charge in [0, 0.05) is 11.0 Å². The molecular formula is C13H17BrN2O3. The molecule has 0 aromatic heterocycles. The van der Waals surface area contributed by atoms with Gasteiger partial charge in [-0.15, -0.1) is 0 Å². The molecule has 0 saturated heterocycles. The first-order valence-corrected chi connectivity index (χ1v) is 6.71. The van der Waals surface area contributed by atoms with E-state index in [0.29, 0.717) is 22.3 Å². The van der Waals surface area contributed by atoms with Crippen LogP contribution in [0.1, 0.15) is 24.2 Å². The fourth-order valence-corrected chi connectivity index (χ4v) is 1.90. The number of benzene rings is 1. The van der Waals surface area contributed by atoms with Crippen molar-refractivity contribution in [2.75, 3.05) is 13.7 Å². The predicted octanol–water partition coefficient (Wildman–Crippen LogP) is 1.71. The topological polar surface area (TPSA) is 67.4 Å². The summed E-state index contributed by atoms with van der Waals surface area (Å²) in [5.74, 6) is 0.0402. The molecule has 5 nitrogen and oxygen atoms in total. The first-order chi connectivity index (χ1) is 8.99. The number of carbonyl (C=O) groups excluding carboxylic acids is 2. The first-order valence-electron chi connectivity index (χ1n) is 5.91. The SMILES string of the molecule is CCNC(=O)C(C)NC(=O)c1cc(OC)ccc1Br. The maximum Gasteiger partial charge on any atom is 0.253 e. The van der Waals surface area contributed by atoms with Crippen molar-refractivity contribution in [3.63, 3.8) is 0 Å². The Bertz CT molecular complexity index is 477. The zero-order valence-corrected chi connectivity index (χ0v) is 12.7. The zero-order chi connectivity index (χ0) is 14.4. The molecule has 6 heteroatoms. The lowest BCUT2D eigenvalue weighted by atomic mass is 10.2. The van der Waals surface area contributed by atoms with Crippen molar-refractivity contribution >= 4 is 27.7 Å². The van der Waals surface area contributed by atoms with Gasteiger partial charge in [-0.25, -0.2) is 0 Å². The molecule has 2 amide bonds. The smallest absolute Gasteiger partial charge is 0.253 e. The normalized spacial score (nSPS) is 11.6. The van der Waals surface area contributed by atoms with Crippen molar-refractivity contribution in [2.45, 2.75) is 19.9 Å². The number of hydrogen-bond acceptors (Lipinski definition) is 3. The minimum absolute atomic E-state index is 0.213. The quantitative estimate of drug-likeness (QED) is 0.864. The van der Waals surface area contributed by atoms with Crippen LogP contribution in [0.5, 0.6) is 5.75 Å². The van der Waals surface area contributed by atoms with Crippen LogP contribution >= 0.6 is 15.9 Å². The van der Waals surface area contributed by atoms with Crippen LogP contribution in [-0.2, 0) is 4.79 Å². The summed E-state index contributed by atoms with van der Waals surface area (Å²) < 4.78 is 5.72. The summed E-state index contributed by atoms with van der Waals surface area (Å²) in [5.41, 5.74) is 0.426. The Morgan fingerprint density at radius 1 is 1.42 bits per heavy atom. The molecule has 0 spiro atoms. The number of halogens is 1. The molecule has 0 saturated carbocycles. The minimum atomic E-state index is -0.592. The first kappa shape index (κ1) is 15.5. The van der Waals surface area contributed by atoms with Gasteiger partial charge in [0.05, 0.1) is 12.7 Å². The van der Waals surface area contributed by atoms with Gasteiger partial charge in [0.2, 0.25) is 5.91 Å². The van der Waals surface area contributed by atoms with Crippen molar-refractivity contribution < 1.29 is 14.3 Å². The summed E-state index contributed by atoms with van der Waals surface area (Å²) in [4.78, 5) is 23.6. The van der Waals surface area contributed by atoms with Crippen LogP contribution in [0.25, 0.3) is 0 Å². The van der Waals surface area contributed by atoms with Gasteiger partial charge in [0.15, 0.2) is 0 Å². The molecule has 0 aliphatic carbocycles. The minimum Gasteiger partial charge on any atom is -0.497 e. The molecule has 0 aliphatic heterocycles. The summed E-state index contributed by atoms with van der Waals surface area (Å²) >= 11 is 3.30. The number of hydrogen-bond donors (Lipinski definition) is 2. The molecular weight excluding hydrogens is 312 g/mol. The Labute approximate surface area is 120 Å². The molecule has 1 rings (SSSR count). The van der Waals surface area contributed by atoms with Gasteiger partial charge in [-0.2, -0.15) is 0 Å². The second-order valence-corrected chi connectivity index (χ2v) is 4.79. The predicted molar refractivity (Wildman–Crippen MR) is 76.3 cm³/mol. The van der Waals surface area contributed by atoms with Crippen molar-refractivity contribution in [3.8, 4) is 5.75 Å². The molecule has 0 heterocycles. The number of nitrogens with one attached hydrogen (secondary N) is 2. The summed E-state index contributed by atoms with van der Waals surface area (Å²) in [6, 6.07) is 4.49. The second kappa shape index (κ2) is 7.13. The van der Waals surface area contributed by atoms with E-state index in [1.807, 2.05) is 6.92 Å². The van der Waals surface area contributed by atoms with Gasteiger partial charge >= 0.3 is 0 Å². The molecule has 1 aromatic rings. The average molecular weight is 329 g/mol. The van der Waals surface area contributed by atoms with Crippen molar-refractivity contribution in [1.29, 1.82) is 0 Å². The molecule has 1 unspecified atom stereocenters. The summed E-state index contributed by atoms with van der Waals surface area (Å²) in [7, 11) is 1.53. The fraction of sp³-hybridized carbons (Fsp3) is 0.385. The monoisotopic (exact) mass is 328 g/mol. The number of amides is 2. The van der Waals surface area contributed by atoms with Crippen LogP contribution in [0.15, 0.2) is 22.7 Å². The molecule has 19 heavy (non-hydrogen) atoms. The molecule has 1 atom stereocenters. The van der Waals surface area contributed by atoms with Crippen molar-refractivity contribution in [1.82, 2.24) is 10.6 Å². The Morgan fingerprint density at radius 2 is 2.11 bits per heavy atom. The highest BCUT2D eigenvalue weighted by Gasteiger charge is 2.18. The average Bonchev–Trinajstić information content (AvgIpc) is 2.39. The second-order valence-electron chi connectivity index (χ2n) is 3.94. The molecule has 1 aromatic carbocycles. The van der Waals surface area contributed by atoms with Crippen molar-refractivity contribution in [3.05, 3.63) is 28.2 Å². The van der Waals surface area contributed by atoms with Gasteiger partial charge in [0.1, 0.15) is 11.8 Å². The third-order valence-electron chi connectivity index (χ3n) is 2.51. The number of methoxy groups -OCH3 is 1. The summed E-state index contributed by atoms with van der Waals surface area (Å²) in [6.45, 7) is 3.99. The summed E-state index contributed by atoms with van der Waals surface area (Å²) in [5, 5.41) is 5.29. The van der Waals surface area contributed by atoms with E-state index in [1.165, 1.54) is 7.11 Å².